The largest absolute Gasteiger partial charge is 0.464 e. The first-order valence-electron chi connectivity index (χ1n) is 8.26. The molecule has 6 heteroatoms. The number of aromatic nitrogens is 1. The Bertz CT molecular complexity index is 882. The van der Waals surface area contributed by atoms with Crippen LogP contribution >= 0.6 is 0 Å². The topological polar surface area (TPSA) is 73.5 Å². The minimum Gasteiger partial charge on any atom is -0.464 e. The quantitative estimate of drug-likeness (QED) is 0.690. The molecule has 26 heavy (non-hydrogen) atoms. The highest BCUT2D eigenvalue weighted by atomic mass is 16.5. The summed E-state index contributed by atoms with van der Waals surface area (Å²) < 4.78 is 11.8. The summed E-state index contributed by atoms with van der Waals surface area (Å²) in [6.45, 7) is 1.89. The molecule has 0 aliphatic rings. The Balaban J connectivity index is 1.82. The first kappa shape index (κ1) is 17.5. The van der Waals surface area contributed by atoms with Crippen LogP contribution in [0.3, 0.4) is 0 Å². The van der Waals surface area contributed by atoms with Gasteiger partial charge in [0.25, 0.3) is 0 Å². The molecule has 0 spiro atoms. The van der Waals surface area contributed by atoms with E-state index in [4.69, 9.17) is 9.15 Å². The Labute approximate surface area is 151 Å². The summed E-state index contributed by atoms with van der Waals surface area (Å²) in [5.41, 5.74) is 1.94. The second kappa shape index (κ2) is 7.74. The van der Waals surface area contributed by atoms with Gasteiger partial charge < -0.3 is 19.0 Å². The van der Waals surface area contributed by atoms with Crippen LogP contribution in [0.25, 0.3) is 11.5 Å². The van der Waals surface area contributed by atoms with Crippen molar-refractivity contribution in [1.29, 1.82) is 0 Å². The van der Waals surface area contributed by atoms with Crippen LogP contribution in [0.5, 0.6) is 0 Å². The number of benzene rings is 1. The Hall–Kier alpha value is -3.28. The van der Waals surface area contributed by atoms with Crippen LogP contribution in [0, 0.1) is 0 Å². The minimum atomic E-state index is -0.508. The van der Waals surface area contributed by atoms with Gasteiger partial charge in [0.05, 0.1) is 25.1 Å². The molecule has 0 aliphatic heterocycles. The van der Waals surface area contributed by atoms with Crippen molar-refractivity contribution < 1.29 is 18.7 Å². The molecular weight excluding hydrogens is 332 g/mol. The van der Waals surface area contributed by atoms with E-state index >= 15 is 0 Å². The van der Waals surface area contributed by atoms with Crippen molar-refractivity contribution in [2.45, 2.75) is 19.5 Å². The smallest absolute Gasteiger partial charge is 0.354 e. The van der Waals surface area contributed by atoms with E-state index in [9.17, 15) is 9.59 Å². The first-order valence-corrected chi connectivity index (χ1v) is 8.26. The summed E-state index contributed by atoms with van der Waals surface area (Å²) in [5, 5.41) is 2.95. The van der Waals surface area contributed by atoms with Gasteiger partial charge in [-0.3, -0.25) is 4.79 Å². The van der Waals surface area contributed by atoms with Gasteiger partial charge in [-0.15, -0.1) is 0 Å². The van der Waals surface area contributed by atoms with Crippen molar-refractivity contribution in [3.8, 4) is 11.5 Å². The van der Waals surface area contributed by atoms with E-state index < -0.39 is 5.97 Å². The number of carbonyl (C=O) groups is 2. The fourth-order valence-electron chi connectivity index (χ4n) is 2.82. The number of hydrogen-bond donors (Lipinski definition) is 1. The third-order valence-electron chi connectivity index (χ3n) is 4.13. The number of carbonyl (C=O) groups excluding carboxylic acids is 2. The lowest BCUT2D eigenvalue weighted by Gasteiger charge is -2.16. The van der Waals surface area contributed by atoms with Gasteiger partial charge in [-0.2, -0.15) is 0 Å². The maximum atomic E-state index is 12.6. The predicted molar refractivity (Wildman–Crippen MR) is 96.5 cm³/mol. The zero-order valence-corrected chi connectivity index (χ0v) is 14.6. The Morgan fingerprint density at radius 1 is 1.12 bits per heavy atom. The van der Waals surface area contributed by atoms with Crippen LogP contribution in [-0.2, 0) is 16.1 Å². The molecule has 3 aromatic rings. The monoisotopic (exact) mass is 352 g/mol. The minimum absolute atomic E-state index is 0.0232. The van der Waals surface area contributed by atoms with Crippen LogP contribution in [0.4, 0.5) is 0 Å². The molecule has 2 heterocycles. The standard InChI is InChI=1S/C20H20N2O4/c1-14(15-7-4-3-5-8-15)21-19(23)13-22-16(18-9-6-12-26-18)10-11-17(22)20(24)25-2/h3-12,14H,13H2,1-2H3,(H,21,23)/t14-/m0/s1. The van der Waals surface area contributed by atoms with Crippen LogP contribution in [0.15, 0.2) is 65.3 Å². The van der Waals surface area contributed by atoms with E-state index in [0.717, 1.165) is 5.56 Å². The van der Waals surface area contributed by atoms with Gasteiger partial charge in [-0.25, -0.2) is 4.79 Å². The van der Waals surface area contributed by atoms with Gasteiger partial charge in [0.2, 0.25) is 5.91 Å². The van der Waals surface area contributed by atoms with Crippen molar-refractivity contribution in [1.82, 2.24) is 9.88 Å². The second-order valence-corrected chi connectivity index (χ2v) is 5.86. The molecule has 0 fully saturated rings. The number of furan rings is 1. The fourth-order valence-corrected chi connectivity index (χ4v) is 2.82. The molecule has 1 aromatic carbocycles. The number of nitrogens with zero attached hydrogens (tertiary/aromatic N) is 1. The zero-order valence-electron chi connectivity index (χ0n) is 14.6. The van der Waals surface area contributed by atoms with Gasteiger partial charge in [0.1, 0.15) is 18.0 Å². The maximum absolute atomic E-state index is 12.6. The van der Waals surface area contributed by atoms with Crippen LogP contribution in [-0.4, -0.2) is 23.6 Å². The Morgan fingerprint density at radius 3 is 2.54 bits per heavy atom. The van der Waals surface area contributed by atoms with Crippen molar-refractivity contribution in [3.63, 3.8) is 0 Å². The van der Waals surface area contributed by atoms with E-state index in [1.807, 2.05) is 37.3 Å². The summed E-state index contributed by atoms with van der Waals surface area (Å²) in [5.74, 6) is -0.147. The summed E-state index contributed by atoms with van der Waals surface area (Å²) in [6.07, 6.45) is 1.54. The lowest BCUT2D eigenvalue weighted by Crippen LogP contribution is -2.31. The molecule has 1 amide bonds. The molecule has 0 radical (unpaired) electrons. The highest BCUT2D eigenvalue weighted by molar-refractivity contribution is 5.90. The Morgan fingerprint density at radius 2 is 1.88 bits per heavy atom. The fraction of sp³-hybridized carbons (Fsp3) is 0.200. The predicted octanol–water partition coefficient (Wildman–Crippen LogP) is 3.41. The SMILES string of the molecule is COC(=O)c1ccc(-c2ccco2)n1CC(=O)N[C@@H](C)c1ccccc1. The number of ether oxygens (including phenoxy) is 1. The number of rotatable bonds is 6. The molecule has 1 atom stereocenters. The molecule has 6 nitrogen and oxygen atoms in total. The molecule has 0 bridgehead atoms. The van der Waals surface area contributed by atoms with Crippen molar-refractivity contribution in [2.24, 2.45) is 0 Å². The number of esters is 1. The molecular formula is C20H20N2O4. The van der Waals surface area contributed by atoms with E-state index in [1.54, 1.807) is 35.1 Å². The lowest BCUT2D eigenvalue weighted by atomic mass is 10.1. The van der Waals surface area contributed by atoms with E-state index in [0.29, 0.717) is 17.1 Å². The van der Waals surface area contributed by atoms with Crippen molar-refractivity contribution in [2.75, 3.05) is 7.11 Å². The molecule has 2 aromatic heterocycles. The highest BCUT2D eigenvalue weighted by Gasteiger charge is 2.20. The molecule has 0 aliphatic carbocycles. The summed E-state index contributed by atoms with van der Waals surface area (Å²) in [6, 6.07) is 16.4. The average molecular weight is 352 g/mol. The molecule has 0 unspecified atom stereocenters. The van der Waals surface area contributed by atoms with Gasteiger partial charge in [0, 0.05) is 0 Å². The first-order chi connectivity index (χ1) is 12.6. The molecule has 1 N–H and O–H groups in total. The third kappa shape index (κ3) is 3.69. The summed E-state index contributed by atoms with van der Waals surface area (Å²) in [4.78, 5) is 24.6. The maximum Gasteiger partial charge on any atom is 0.354 e. The highest BCUT2D eigenvalue weighted by Crippen LogP contribution is 2.24. The molecule has 0 saturated heterocycles. The zero-order chi connectivity index (χ0) is 18.5. The average Bonchev–Trinajstić information content (AvgIpc) is 3.31. The number of methoxy groups -OCH3 is 1. The normalized spacial score (nSPS) is 11.8. The number of hydrogen-bond acceptors (Lipinski definition) is 4. The summed E-state index contributed by atoms with van der Waals surface area (Å²) in [7, 11) is 1.31. The van der Waals surface area contributed by atoms with Crippen LogP contribution in [0.2, 0.25) is 0 Å². The summed E-state index contributed by atoms with van der Waals surface area (Å²) >= 11 is 0. The van der Waals surface area contributed by atoms with Gasteiger partial charge >= 0.3 is 5.97 Å². The van der Waals surface area contributed by atoms with Crippen molar-refractivity contribution in [3.05, 3.63) is 72.1 Å². The molecule has 134 valence electrons. The Kier molecular flexibility index (Phi) is 5.22. The van der Waals surface area contributed by atoms with E-state index in [-0.39, 0.29) is 18.5 Å². The van der Waals surface area contributed by atoms with Crippen molar-refractivity contribution >= 4 is 11.9 Å². The molecule has 3 rings (SSSR count). The number of nitrogens with one attached hydrogen (secondary N) is 1. The van der Waals surface area contributed by atoms with E-state index in [1.165, 1.54) is 7.11 Å². The second-order valence-electron chi connectivity index (χ2n) is 5.86. The van der Waals surface area contributed by atoms with Gasteiger partial charge in [-0.1, -0.05) is 30.3 Å². The van der Waals surface area contributed by atoms with Crippen LogP contribution < -0.4 is 5.32 Å². The van der Waals surface area contributed by atoms with Gasteiger partial charge in [0.15, 0.2) is 0 Å². The number of amides is 1. The third-order valence-corrected chi connectivity index (χ3v) is 4.13. The van der Waals surface area contributed by atoms with Gasteiger partial charge in [-0.05, 0) is 36.8 Å². The van der Waals surface area contributed by atoms with Crippen LogP contribution in [0.1, 0.15) is 29.0 Å². The van der Waals surface area contributed by atoms with E-state index in [2.05, 4.69) is 5.32 Å². The molecule has 0 saturated carbocycles. The lowest BCUT2D eigenvalue weighted by molar-refractivity contribution is -0.122.